The Balaban J connectivity index is 1.34. The Bertz CT molecular complexity index is 1190. The number of rotatable bonds is 9. The third-order valence-electron chi connectivity index (χ3n) is 7.50. The second kappa shape index (κ2) is 11.0. The number of hydrogen-bond acceptors (Lipinski definition) is 3. The second-order valence-electron chi connectivity index (χ2n) is 10.3. The first-order valence-corrected chi connectivity index (χ1v) is 14.3. The number of carbonyl (C=O) groups excluding carboxylic acids is 2. The van der Waals surface area contributed by atoms with Crippen molar-refractivity contribution in [2.45, 2.75) is 70.9 Å². The Hall–Kier alpha value is -2.92. The van der Waals surface area contributed by atoms with E-state index in [1.165, 1.54) is 40.8 Å². The van der Waals surface area contributed by atoms with E-state index in [-0.39, 0.29) is 30.4 Å². The molecule has 0 spiro atoms. The number of aryl methyl sites for hydroxylation is 2. The molecule has 2 aliphatic rings. The average molecular weight is 501 g/mol. The van der Waals surface area contributed by atoms with Crippen LogP contribution < -0.4 is 0 Å². The number of unbranched alkanes of at least 4 members (excludes halogenated alkanes) is 2. The molecule has 36 heavy (non-hydrogen) atoms. The normalized spacial score (nSPS) is 17.1. The predicted octanol–water partition coefficient (Wildman–Crippen LogP) is 6.57. The molecule has 1 aliphatic carbocycles. The van der Waals surface area contributed by atoms with Crippen molar-refractivity contribution in [1.82, 2.24) is 9.80 Å². The van der Waals surface area contributed by atoms with Crippen LogP contribution in [0.15, 0.2) is 60.0 Å². The highest BCUT2D eigenvalue weighted by Crippen LogP contribution is 2.38. The monoisotopic (exact) mass is 500 g/mol. The molecular formula is C31H36N2O2S. The number of carbonyl (C=O) groups is 2. The molecule has 0 saturated heterocycles. The van der Waals surface area contributed by atoms with Crippen LogP contribution >= 0.6 is 11.3 Å². The molecule has 3 aromatic rings. The van der Waals surface area contributed by atoms with Crippen molar-refractivity contribution in [3.63, 3.8) is 0 Å². The van der Waals surface area contributed by atoms with E-state index in [0.29, 0.717) is 12.1 Å². The lowest BCUT2D eigenvalue weighted by Gasteiger charge is -2.37. The van der Waals surface area contributed by atoms with E-state index in [4.69, 9.17) is 0 Å². The number of benzene rings is 2. The molecular weight excluding hydrogens is 464 g/mol. The molecule has 0 radical (unpaired) electrons. The van der Waals surface area contributed by atoms with Crippen LogP contribution in [0, 0.1) is 6.92 Å². The third-order valence-corrected chi connectivity index (χ3v) is 8.50. The summed E-state index contributed by atoms with van der Waals surface area (Å²) in [6, 6.07) is 18.8. The zero-order chi connectivity index (χ0) is 25.1. The minimum absolute atomic E-state index is 0.0222. The molecule has 188 valence electrons. The number of nitrogens with zero attached hydrogens (tertiary/aromatic N) is 2. The van der Waals surface area contributed by atoms with Crippen molar-refractivity contribution in [3.05, 3.63) is 92.7 Å². The number of thiophene rings is 1. The summed E-state index contributed by atoms with van der Waals surface area (Å²) in [5.41, 5.74) is 5.53. The van der Waals surface area contributed by atoms with Gasteiger partial charge in [0.05, 0.1) is 6.04 Å². The van der Waals surface area contributed by atoms with Crippen molar-refractivity contribution < 1.29 is 9.59 Å². The van der Waals surface area contributed by atoms with Crippen LogP contribution in [-0.2, 0) is 17.6 Å². The van der Waals surface area contributed by atoms with Crippen molar-refractivity contribution in [2.24, 2.45) is 0 Å². The summed E-state index contributed by atoms with van der Waals surface area (Å²) in [5, 5.41) is 2.13. The Morgan fingerprint density at radius 3 is 2.44 bits per heavy atom. The van der Waals surface area contributed by atoms with Crippen molar-refractivity contribution in [3.8, 4) is 0 Å². The van der Waals surface area contributed by atoms with Gasteiger partial charge >= 0.3 is 0 Å². The summed E-state index contributed by atoms with van der Waals surface area (Å²) in [5.74, 6) is 0.0138. The van der Waals surface area contributed by atoms with Crippen molar-refractivity contribution in [2.75, 3.05) is 13.1 Å². The molecule has 0 N–H and O–H groups in total. The van der Waals surface area contributed by atoms with Crippen LogP contribution in [0.5, 0.6) is 0 Å². The zero-order valence-corrected chi connectivity index (χ0v) is 22.2. The van der Waals surface area contributed by atoms with Gasteiger partial charge in [-0.1, -0.05) is 61.7 Å². The summed E-state index contributed by atoms with van der Waals surface area (Å²) in [7, 11) is 0. The smallest absolute Gasteiger partial charge is 0.254 e. The van der Waals surface area contributed by atoms with E-state index >= 15 is 0 Å². The maximum atomic E-state index is 13.8. The lowest BCUT2D eigenvalue weighted by Crippen LogP contribution is -2.47. The molecule has 1 unspecified atom stereocenters. The average Bonchev–Trinajstić information content (AvgIpc) is 3.63. The van der Waals surface area contributed by atoms with Gasteiger partial charge in [0, 0.05) is 23.0 Å². The first kappa shape index (κ1) is 24.8. The standard InChI is InChI=1S/C31H36N2O2S/c1-3-4-5-6-23-9-13-25(14-10-23)31(35)33(26-15-16-26)21-29(34)32-19-17-28-27(18-20-36-28)30(32)24-11-7-22(2)8-12-24/h7-14,18,20,26,30H,3-6,15-17,19,21H2,1-2H3. The van der Waals surface area contributed by atoms with Gasteiger partial charge in [-0.15, -0.1) is 11.3 Å². The molecule has 1 aromatic heterocycles. The largest absolute Gasteiger partial charge is 0.330 e. The zero-order valence-electron chi connectivity index (χ0n) is 21.4. The molecule has 1 aliphatic heterocycles. The second-order valence-corrected chi connectivity index (χ2v) is 11.3. The Labute approximate surface area is 218 Å². The summed E-state index contributed by atoms with van der Waals surface area (Å²) in [4.78, 5) is 32.5. The topological polar surface area (TPSA) is 40.6 Å². The van der Waals surface area contributed by atoms with Crippen LogP contribution in [-0.4, -0.2) is 40.7 Å². The lowest BCUT2D eigenvalue weighted by molar-refractivity contribution is -0.134. The van der Waals surface area contributed by atoms with Crippen molar-refractivity contribution >= 4 is 23.2 Å². The summed E-state index contributed by atoms with van der Waals surface area (Å²) in [6.07, 6.45) is 7.48. The fourth-order valence-corrected chi connectivity index (χ4v) is 6.15. The molecule has 4 nitrogen and oxygen atoms in total. The minimum atomic E-state index is -0.0911. The fraction of sp³-hybridized carbons (Fsp3) is 0.419. The van der Waals surface area contributed by atoms with Gasteiger partial charge in [-0.05, 0) is 79.3 Å². The number of amides is 2. The van der Waals surface area contributed by atoms with Crippen LogP contribution in [0.4, 0.5) is 0 Å². The minimum Gasteiger partial charge on any atom is -0.330 e. The van der Waals surface area contributed by atoms with E-state index in [9.17, 15) is 9.59 Å². The Morgan fingerprint density at radius 1 is 1.00 bits per heavy atom. The van der Waals surface area contributed by atoms with Gasteiger partial charge in [0.15, 0.2) is 0 Å². The molecule has 0 bridgehead atoms. The molecule has 2 heterocycles. The van der Waals surface area contributed by atoms with Gasteiger partial charge in [-0.25, -0.2) is 0 Å². The highest BCUT2D eigenvalue weighted by molar-refractivity contribution is 7.10. The summed E-state index contributed by atoms with van der Waals surface area (Å²) in [6.45, 7) is 5.12. The highest BCUT2D eigenvalue weighted by atomic mass is 32.1. The van der Waals surface area contributed by atoms with Crippen LogP contribution in [0.25, 0.3) is 0 Å². The van der Waals surface area contributed by atoms with E-state index in [0.717, 1.165) is 31.2 Å². The summed E-state index contributed by atoms with van der Waals surface area (Å²) >= 11 is 1.78. The van der Waals surface area contributed by atoms with Crippen LogP contribution in [0.3, 0.4) is 0 Å². The first-order chi connectivity index (χ1) is 17.5. The van der Waals surface area contributed by atoms with Gasteiger partial charge in [0.2, 0.25) is 5.91 Å². The predicted molar refractivity (Wildman–Crippen MR) is 146 cm³/mol. The van der Waals surface area contributed by atoms with Crippen LogP contribution in [0.1, 0.15) is 82.6 Å². The maximum Gasteiger partial charge on any atom is 0.254 e. The quantitative estimate of drug-likeness (QED) is 0.312. The molecule has 1 atom stereocenters. The van der Waals surface area contributed by atoms with Gasteiger partial charge < -0.3 is 9.80 Å². The maximum absolute atomic E-state index is 13.8. The van der Waals surface area contributed by atoms with Gasteiger partial charge in [-0.2, -0.15) is 0 Å². The van der Waals surface area contributed by atoms with Gasteiger partial charge in [0.25, 0.3) is 5.91 Å². The molecule has 2 aromatic carbocycles. The molecule has 2 amide bonds. The van der Waals surface area contributed by atoms with Gasteiger partial charge in [0.1, 0.15) is 6.54 Å². The van der Waals surface area contributed by atoms with E-state index < -0.39 is 0 Å². The third kappa shape index (κ3) is 5.41. The highest BCUT2D eigenvalue weighted by Gasteiger charge is 2.38. The van der Waals surface area contributed by atoms with Crippen LogP contribution in [0.2, 0.25) is 0 Å². The molecule has 5 rings (SSSR count). The van der Waals surface area contributed by atoms with E-state index in [1.807, 2.05) is 21.9 Å². The fourth-order valence-electron chi connectivity index (χ4n) is 5.24. The summed E-state index contributed by atoms with van der Waals surface area (Å²) < 4.78 is 0. The first-order valence-electron chi connectivity index (χ1n) is 13.4. The lowest BCUT2D eigenvalue weighted by atomic mass is 9.92. The SMILES string of the molecule is CCCCCc1ccc(C(=O)N(CC(=O)N2CCc3sccc3C2c2ccc(C)cc2)C2CC2)cc1. The van der Waals surface area contributed by atoms with Gasteiger partial charge in [-0.3, -0.25) is 9.59 Å². The van der Waals surface area contributed by atoms with Crippen molar-refractivity contribution in [1.29, 1.82) is 0 Å². The number of fused-ring (bicyclic) bond motifs is 1. The van der Waals surface area contributed by atoms with E-state index in [2.05, 4.69) is 61.7 Å². The number of hydrogen-bond donors (Lipinski definition) is 0. The van der Waals surface area contributed by atoms with E-state index in [1.54, 1.807) is 11.3 Å². The molecule has 1 saturated carbocycles. The molecule has 1 fully saturated rings. The molecule has 5 heteroatoms. The Morgan fingerprint density at radius 2 is 1.75 bits per heavy atom. The Kier molecular flexibility index (Phi) is 7.56.